The standard InChI is InChI=1S/C11H16FN5O2/c1-2-14-10(18)8-6-19-4-3-17(8)9-7(12)5-15-11(13)16-9/h5,8H,2-4,6H2,1H3,(H,14,18)(H2,13,15,16). The van der Waals surface area contributed by atoms with Crippen LogP contribution in [0.1, 0.15) is 6.92 Å². The summed E-state index contributed by atoms with van der Waals surface area (Å²) in [5, 5.41) is 2.69. The Morgan fingerprint density at radius 3 is 3.26 bits per heavy atom. The molecular formula is C11H16FN5O2. The smallest absolute Gasteiger partial charge is 0.245 e. The molecule has 0 radical (unpaired) electrons. The van der Waals surface area contributed by atoms with Gasteiger partial charge in [0.2, 0.25) is 11.9 Å². The second-order valence-corrected chi connectivity index (χ2v) is 4.08. The van der Waals surface area contributed by atoms with Crippen LogP contribution in [-0.2, 0) is 9.53 Å². The fourth-order valence-electron chi connectivity index (χ4n) is 1.94. The zero-order valence-electron chi connectivity index (χ0n) is 10.6. The molecule has 2 heterocycles. The summed E-state index contributed by atoms with van der Waals surface area (Å²) < 4.78 is 19.1. The highest BCUT2D eigenvalue weighted by atomic mass is 19.1. The number of likely N-dealkylation sites (N-methyl/N-ethyl adjacent to an activating group) is 1. The van der Waals surface area contributed by atoms with Crippen molar-refractivity contribution in [2.45, 2.75) is 13.0 Å². The Kier molecular flexibility index (Phi) is 4.10. The summed E-state index contributed by atoms with van der Waals surface area (Å²) in [6.07, 6.45) is 1.00. The molecule has 0 aliphatic carbocycles. The second kappa shape index (κ2) is 5.79. The van der Waals surface area contributed by atoms with Crippen LogP contribution in [0.15, 0.2) is 6.20 Å². The predicted molar refractivity (Wildman–Crippen MR) is 67.0 cm³/mol. The van der Waals surface area contributed by atoms with Crippen molar-refractivity contribution in [3.05, 3.63) is 12.0 Å². The van der Waals surface area contributed by atoms with Gasteiger partial charge in [0.05, 0.1) is 19.4 Å². The van der Waals surface area contributed by atoms with Gasteiger partial charge in [-0.1, -0.05) is 0 Å². The number of hydrogen-bond acceptors (Lipinski definition) is 6. The lowest BCUT2D eigenvalue weighted by Crippen LogP contribution is -2.54. The predicted octanol–water partition coefficient (Wildman–Crippen LogP) is -0.461. The van der Waals surface area contributed by atoms with E-state index >= 15 is 0 Å². The van der Waals surface area contributed by atoms with Gasteiger partial charge in [0.15, 0.2) is 11.6 Å². The number of carbonyl (C=O) groups is 1. The van der Waals surface area contributed by atoms with Crippen LogP contribution < -0.4 is 16.0 Å². The first-order chi connectivity index (χ1) is 9.13. The van der Waals surface area contributed by atoms with E-state index in [1.165, 1.54) is 0 Å². The van der Waals surface area contributed by atoms with Crippen LogP contribution in [0.3, 0.4) is 0 Å². The zero-order valence-corrected chi connectivity index (χ0v) is 10.6. The molecule has 1 fully saturated rings. The summed E-state index contributed by atoms with van der Waals surface area (Å²) in [5.41, 5.74) is 5.47. The lowest BCUT2D eigenvalue weighted by atomic mass is 10.2. The average molecular weight is 269 g/mol. The topological polar surface area (TPSA) is 93.4 Å². The van der Waals surface area contributed by atoms with E-state index in [-0.39, 0.29) is 24.3 Å². The third kappa shape index (κ3) is 2.90. The molecule has 1 saturated heterocycles. The maximum Gasteiger partial charge on any atom is 0.245 e. The minimum atomic E-state index is -0.613. The molecule has 7 nitrogen and oxygen atoms in total. The van der Waals surface area contributed by atoms with E-state index in [9.17, 15) is 9.18 Å². The first-order valence-corrected chi connectivity index (χ1v) is 6.03. The van der Waals surface area contributed by atoms with E-state index in [1.807, 2.05) is 6.92 Å². The SMILES string of the molecule is CCNC(=O)C1COCCN1c1nc(N)ncc1F. The van der Waals surface area contributed by atoms with Crippen molar-refractivity contribution in [2.75, 3.05) is 36.9 Å². The first kappa shape index (κ1) is 13.5. The van der Waals surface area contributed by atoms with Gasteiger partial charge in [0.1, 0.15) is 6.04 Å². The number of nitrogen functional groups attached to an aromatic ring is 1. The molecule has 0 bridgehead atoms. The first-order valence-electron chi connectivity index (χ1n) is 6.03. The van der Waals surface area contributed by atoms with Crippen molar-refractivity contribution in [1.82, 2.24) is 15.3 Å². The molecule has 0 aromatic carbocycles. The molecule has 1 atom stereocenters. The van der Waals surface area contributed by atoms with Gasteiger partial charge in [-0.05, 0) is 6.92 Å². The number of hydrogen-bond donors (Lipinski definition) is 2. The van der Waals surface area contributed by atoms with Crippen LogP contribution in [0.25, 0.3) is 0 Å². The van der Waals surface area contributed by atoms with Crippen LogP contribution in [0, 0.1) is 5.82 Å². The number of nitrogens with zero attached hydrogens (tertiary/aromatic N) is 3. The molecular weight excluding hydrogens is 253 g/mol. The van der Waals surface area contributed by atoms with Gasteiger partial charge in [-0.2, -0.15) is 4.98 Å². The Labute approximate surface area is 110 Å². The van der Waals surface area contributed by atoms with Crippen LogP contribution in [0.5, 0.6) is 0 Å². The van der Waals surface area contributed by atoms with Crippen molar-refractivity contribution >= 4 is 17.7 Å². The zero-order chi connectivity index (χ0) is 13.8. The normalized spacial score (nSPS) is 19.3. The van der Waals surface area contributed by atoms with Gasteiger partial charge in [-0.3, -0.25) is 4.79 Å². The summed E-state index contributed by atoms with van der Waals surface area (Å²) in [5.74, 6) is -0.825. The van der Waals surface area contributed by atoms with Crippen molar-refractivity contribution in [3.8, 4) is 0 Å². The number of nitrogens with one attached hydrogen (secondary N) is 1. The fraction of sp³-hybridized carbons (Fsp3) is 0.545. The van der Waals surface area contributed by atoms with Crippen molar-refractivity contribution < 1.29 is 13.9 Å². The average Bonchev–Trinajstić information content (AvgIpc) is 2.42. The van der Waals surface area contributed by atoms with Crippen LogP contribution in [0.4, 0.5) is 16.2 Å². The number of anilines is 2. The number of morpholine rings is 1. The van der Waals surface area contributed by atoms with Gasteiger partial charge in [0.25, 0.3) is 0 Å². The van der Waals surface area contributed by atoms with E-state index in [0.29, 0.717) is 19.7 Å². The third-order valence-electron chi connectivity index (χ3n) is 2.80. The lowest BCUT2D eigenvalue weighted by molar-refractivity contribution is -0.124. The second-order valence-electron chi connectivity index (χ2n) is 4.08. The van der Waals surface area contributed by atoms with Crippen LogP contribution >= 0.6 is 0 Å². The number of aromatic nitrogens is 2. The van der Waals surface area contributed by atoms with E-state index < -0.39 is 11.9 Å². The highest BCUT2D eigenvalue weighted by molar-refractivity contribution is 5.85. The number of rotatable bonds is 3. The Morgan fingerprint density at radius 1 is 1.74 bits per heavy atom. The van der Waals surface area contributed by atoms with Gasteiger partial charge in [-0.25, -0.2) is 9.37 Å². The van der Waals surface area contributed by atoms with Gasteiger partial charge >= 0.3 is 0 Å². The molecule has 0 spiro atoms. The summed E-state index contributed by atoms with van der Waals surface area (Å²) in [6, 6.07) is -0.613. The fourth-order valence-corrected chi connectivity index (χ4v) is 1.94. The monoisotopic (exact) mass is 269 g/mol. The minimum Gasteiger partial charge on any atom is -0.377 e. The third-order valence-corrected chi connectivity index (χ3v) is 2.80. The quantitative estimate of drug-likeness (QED) is 0.771. The van der Waals surface area contributed by atoms with E-state index in [0.717, 1.165) is 6.20 Å². The number of amides is 1. The number of nitrogens with two attached hydrogens (primary N) is 1. The molecule has 1 amide bonds. The van der Waals surface area contributed by atoms with Gasteiger partial charge in [0, 0.05) is 13.1 Å². The largest absolute Gasteiger partial charge is 0.377 e. The van der Waals surface area contributed by atoms with Gasteiger partial charge in [-0.15, -0.1) is 0 Å². The molecule has 1 unspecified atom stereocenters. The summed E-state index contributed by atoms with van der Waals surface area (Å²) in [7, 11) is 0. The van der Waals surface area contributed by atoms with E-state index in [2.05, 4.69) is 15.3 Å². The van der Waals surface area contributed by atoms with E-state index in [4.69, 9.17) is 10.5 Å². The highest BCUT2D eigenvalue weighted by Crippen LogP contribution is 2.21. The van der Waals surface area contributed by atoms with Crippen molar-refractivity contribution in [2.24, 2.45) is 0 Å². The Morgan fingerprint density at radius 2 is 2.53 bits per heavy atom. The van der Waals surface area contributed by atoms with E-state index in [1.54, 1.807) is 4.90 Å². The van der Waals surface area contributed by atoms with Gasteiger partial charge < -0.3 is 20.7 Å². The lowest BCUT2D eigenvalue weighted by Gasteiger charge is -2.35. The molecule has 3 N–H and O–H groups in total. The minimum absolute atomic E-state index is 0.0301. The molecule has 104 valence electrons. The molecule has 1 aliphatic heterocycles. The van der Waals surface area contributed by atoms with Crippen molar-refractivity contribution in [3.63, 3.8) is 0 Å². The maximum absolute atomic E-state index is 13.8. The molecule has 0 saturated carbocycles. The molecule has 8 heteroatoms. The van der Waals surface area contributed by atoms with Crippen LogP contribution in [-0.4, -0.2) is 48.2 Å². The molecule has 1 aliphatic rings. The van der Waals surface area contributed by atoms with Crippen molar-refractivity contribution in [1.29, 1.82) is 0 Å². The Hall–Kier alpha value is -1.96. The Bertz CT molecular complexity index is 470. The molecule has 19 heavy (non-hydrogen) atoms. The number of carbonyl (C=O) groups excluding carboxylic acids is 1. The Balaban J connectivity index is 2.28. The highest BCUT2D eigenvalue weighted by Gasteiger charge is 2.31. The maximum atomic E-state index is 13.8. The summed E-state index contributed by atoms with van der Waals surface area (Å²) in [4.78, 5) is 21.0. The molecule has 1 aromatic rings. The number of halogens is 1. The summed E-state index contributed by atoms with van der Waals surface area (Å²) >= 11 is 0. The molecule has 1 aromatic heterocycles. The molecule has 2 rings (SSSR count). The van der Waals surface area contributed by atoms with Crippen LogP contribution in [0.2, 0.25) is 0 Å². The number of ether oxygens (including phenoxy) is 1. The summed E-state index contributed by atoms with van der Waals surface area (Å²) in [6.45, 7) is 3.27.